The summed E-state index contributed by atoms with van der Waals surface area (Å²) in [4.78, 5) is 40.8. The number of carbonyl (C=O) groups excluding carboxylic acids is 3. The Labute approximate surface area is 236 Å². The number of halogens is 3. The fourth-order valence-corrected chi connectivity index (χ4v) is 5.10. The van der Waals surface area contributed by atoms with E-state index in [1.807, 2.05) is 30.3 Å². The predicted octanol–water partition coefficient (Wildman–Crippen LogP) is 6.08. The van der Waals surface area contributed by atoms with Crippen LogP contribution in [0.15, 0.2) is 59.5 Å². The van der Waals surface area contributed by atoms with Crippen LogP contribution >= 0.6 is 11.8 Å². The van der Waals surface area contributed by atoms with Gasteiger partial charge in [-0.2, -0.15) is 0 Å². The fourth-order valence-electron chi connectivity index (χ4n) is 4.03. The molecule has 0 saturated heterocycles. The van der Waals surface area contributed by atoms with Crippen molar-refractivity contribution in [1.29, 1.82) is 0 Å². The second-order valence-corrected chi connectivity index (χ2v) is 11.4. The maximum atomic E-state index is 15.1. The van der Waals surface area contributed by atoms with Crippen LogP contribution in [0.25, 0.3) is 0 Å². The van der Waals surface area contributed by atoms with Crippen molar-refractivity contribution in [2.75, 3.05) is 17.2 Å². The van der Waals surface area contributed by atoms with E-state index in [2.05, 4.69) is 10.6 Å². The first-order chi connectivity index (χ1) is 18.8. The Bertz CT molecular complexity index is 1250. The van der Waals surface area contributed by atoms with Crippen molar-refractivity contribution in [3.05, 3.63) is 71.6 Å². The highest BCUT2D eigenvalue weighted by Crippen LogP contribution is 2.37. The summed E-state index contributed by atoms with van der Waals surface area (Å²) in [6.45, 7) is 6.64. The number of allylic oxidation sites excluding steroid dienone is 2. The van der Waals surface area contributed by atoms with E-state index in [1.165, 1.54) is 30.0 Å². The van der Waals surface area contributed by atoms with Gasteiger partial charge in [-0.1, -0.05) is 36.4 Å². The smallest absolute Gasteiger partial charge is 0.408 e. The molecule has 40 heavy (non-hydrogen) atoms. The van der Waals surface area contributed by atoms with Crippen LogP contribution in [0.5, 0.6) is 0 Å². The van der Waals surface area contributed by atoms with Crippen LogP contribution in [0.4, 0.5) is 23.7 Å². The first-order valence-electron chi connectivity index (χ1n) is 12.9. The van der Waals surface area contributed by atoms with Crippen molar-refractivity contribution >= 4 is 35.4 Å². The minimum atomic E-state index is -2.99. The molecule has 3 amide bonds. The van der Waals surface area contributed by atoms with Gasteiger partial charge in [-0.15, -0.1) is 11.8 Å². The number of benzene rings is 2. The maximum absolute atomic E-state index is 15.1. The molecular weight excluding hydrogens is 543 g/mol. The van der Waals surface area contributed by atoms with Crippen molar-refractivity contribution in [2.24, 2.45) is 0 Å². The van der Waals surface area contributed by atoms with Crippen LogP contribution < -0.4 is 15.5 Å². The van der Waals surface area contributed by atoms with E-state index in [9.17, 15) is 23.2 Å². The normalized spacial score (nSPS) is 15.9. The minimum absolute atomic E-state index is 0.0118. The van der Waals surface area contributed by atoms with Gasteiger partial charge in [0.05, 0.1) is 17.8 Å². The average Bonchev–Trinajstić information content (AvgIpc) is 2.97. The Morgan fingerprint density at radius 1 is 1.18 bits per heavy atom. The molecule has 2 aromatic rings. The second kappa shape index (κ2) is 13.3. The molecule has 0 unspecified atom stereocenters. The van der Waals surface area contributed by atoms with E-state index in [-0.39, 0.29) is 30.8 Å². The van der Waals surface area contributed by atoms with E-state index >= 15 is 4.39 Å². The molecule has 0 radical (unpaired) electrons. The summed E-state index contributed by atoms with van der Waals surface area (Å²) in [5, 5.41) is 5.10. The van der Waals surface area contributed by atoms with Gasteiger partial charge in [0.1, 0.15) is 17.5 Å². The van der Waals surface area contributed by atoms with Crippen LogP contribution in [-0.2, 0) is 16.1 Å². The number of hydrogen-bond acceptors (Lipinski definition) is 5. The number of carbonyl (C=O) groups is 3. The lowest BCUT2D eigenvalue weighted by Crippen LogP contribution is -2.50. The summed E-state index contributed by atoms with van der Waals surface area (Å²) >= 11 is 1.16. The topological polar surface area (TPSA) is 87.7 Å². The number of ether oxygens (including phenoxy) is 1. The van der Waals surface area contributed by atoms with Crippen molar-refractivity contribution in [3.63, 3.8) is 0 Å². The number of hydrogen-bond donors (Lipinski definition) is 2. The number of alkyl halides is 2. The Morgan fingerprint density at radius 2 is 1.88 bits per heavy atom. The molecule has 0 aromatic heterocycles. The van der Waals surface area contributed by atoms with Crippen molar-refractivity contribution in [1.82, 2.24) is 10.6 Å². The first-order valence-corrected chi connectivity index (χ1v) is 13.9. The third-order valence-corrected chi connectivity index (χ3v) is 6.95. The van der Waals surface area contributed by atoms with Crippen LogP contribution in [-0.4, -0.2) is 47.8 Å². The molecule has 7 nitrogen and oxygen atoms in total. The Kier molecular flexibility index (Phi) is 10.3. The third-order valence-electron chi connectivity index (χ3n) is 5.81. The summed E-state index contributed by atoms with van der Waals surface area (Å²) in [6, 6.07) is 10.6. The largest absolute Gasteiger partial charge is 0.444 e. The number of alkyl carbamates (subject to hydrolysis) is 1. The zero-order chi connectivity index (χ0) is 29.5. The van der Waals surface area contributed by atoms with Gasteiger partial charge in [0.25, 0.3) is 17.7 Å². The van der Waals surface area contributed by atoms with Gasteiger partial charge in [-0.05, 0) is 57.9 Å². The monoisotopic (exact) mass is 577 g/mol. The van der Waals surface area contributed by atoms with Crippen molar-refractivity contribution in [3.8, 4) is 0 Å². The molecule has 0 aliphatic carbocycles. The molecule has 1 heterocycles. The van der Waals surface area contributed by atoms with Gasteiger partial charge < -0.3 is 20.3 Å². The minimum Gasteiger partial charge on any atom is -0.444 e. The summed E-state index contributed by atoms with van der Waals surface area (Å²) in [5.41, 5.74) is -0.00400. The molecule has 0 bridgehead atoms. The van der Waals surface area contributed by atoms with Gasteiger partial charge in [0.2, 0.25) is 0 Å². The second-order valence-electron chi connectivity index (χ2n) is 10.3. The van der Waals surface area contributed by atoms with Crippen molar-refractivity contribution < 1.29 is 32.3 Å². The fraction of sp³-hybridized carbons (Fsp3) is 0.414. The number of nitrogens with one attached hydrogen (secondary N) is 2. The van der Waals surface area contributed by atoms with Crippen LogP contribution in [0.1, 0.15) is 56.5 Å². The molecule has 11 heteroatoms. The lowest BCUT2D eigenvalue weighted by atomic mass is 10.1. The molecule has 1 atom stereocenters. The zero-order valence-electron chi connectivity index (χ0n) is 22.9. The highest BCUT2D eigenvalue weighted by molar-refractivity contribution is 7.99. The van der Waals surface area contributed by atoms with E-state index in [1.54, 1.807) is 20.8 Å². The number of amides is 3. The van der Waals surface area contributed by atoms with Gasteiger partial charge in [-0.25, -0.2) is 18.0 Å². The summed E-state index contributed by atoms with van der Waals surface area (Å²) in [6.07, 6.45) is 0.817. The van der Waals surface area contributed by atoms with Gasteiger partial charge >= 0.3 is 6.09 Å². The maximum Gasteiger partial charge on any atom is 0.408 e. The van der Waals surface area contributed by atoms with Gasteiger partial charge in [-0.3, -0.25) is 9.59 Å². The Morgan fingerprint density at radius 3 is 2.52 bits per heavy atom. The number of nitrogens with zero attached hydrogens (tertiary/aromatic N) is 1. The SMILES string of the molecule is C/C=C/C(F)(F)CCCNC(=O)c1cc2c(cc1F)SC[C@H](NC(=O)OC(C)(C)C)C(=O)N2Cc1ccccc1. The molecule has 2 aromatic carbocycles. The lowest BCUT2D eigenvalue weighted by molar-refractivity contribution is -0.120. The first kappa shape index (κ1) is 31.1. The molecule has 0 spiro atoms. The van der Waals surface area contributed by atoms with Crippen LogP contribution in [0, 0.1) is 5.82 Å². The third kappa shape index (κ3) is 8.77. The highest BCUT2D eigenvalue weighted by Gasteiger charge is 2.34. The van der Waals surface area contributed by atoms with E-state index in [0.717, 1.165) is 23.4 Å². The summed E-state index contributed by atoms with van der Waals surface area (Å²) in [7, 11) is 0. The Balaban J connectivity index is 1.86. The number of anilines is 1. The number of thioether (sulfide) groups is 1. The van der Waals surface area contributed by atoms with Crippen LogP contribution in [0.2, 0.25) is 0 Å². The standard InChI is InChI=1S/C29H34F3N3O4S/c1-5-12-29(31,32)13-9-14-33-25(36)20-15-23-24(16-21(20)30)40-18-22(34-27(38)39-28(2,3)4)26(37)35(23)17-19-10-7-6-8-11-19/h5-8,10-12,15-16,22H,9,13-14,17-18H2,1-4H3,(H,33,36)(H,34,38)/b12-5+/t22-/m0/s1. The molecule has 2 N–H and O–H groups in total. The Hall–Kier alpha value is -3.47. The molecule has 3 rings (SSSR count). The van der Waals surface area contributed by atoms with Crippen LogP contribution in [0.3, 0.4) is 0 Å². The summed E-state index contributed by atoms with van der Waals surface area (Å²) < 4.78 is 47.8. The highest BCUT2D eigenvalue weighted by atomic mass is 32.2. The molecule has 1 aliphatic rings. The van der Waals surface area contributed by atoms with E-state index in [4.69, 9.17) is 4.74 Å². The van der Waals surface area contributed by atoms with Gasteiger partial charge in [0, 0.05) is 23.6 Å². The van der Waals surface area contributed by atoms with E-state index in [0.29, 0.717) is 10.6 Å². The molecule has 1 aliphatic heterocycles. The predicted molar refractivity (Wildman–Crippen MR) is 149 cm³/mol. The van der Waals surface area contributed by atoms with Gasteiger partial charge in [0.15, 0.2) is 0 Å². The molecule has 0 saturated carbocycles. The number of fused-ring (bicyclic) bond motifs is 1. The summed E-state index contributed by atoms with van der Waals surface area (Å²) in [5.74, 6) is -4.92. The zero-order valence-corrected chi connectivity index (χ0v) is 23.7. The average molecular weight is 578 g/mol. The molecule has 216 valence electrons. The van der Waals surface area contributed by atoms with E-state index < -0.39 is 47.7 Å². The molecule has 0 fully saturated rings. The lowest BCUT2D eigenvalue weighted by Gasteiger charge is -2.27. The number of rotatable bonds is 9. The quantitative estimate of drug-likeness (QED) is 0.279. The van der Waals surface area contributed by atoms with Crippen molar-refractivity contribution in [2.45, 2.75) is 69.5 Å². The molecular formula is C29H34F3N3O4S.